The number of thiophene rings is 2. The average molecular weight is 324 g/mol. The lowest BCUT2D eigenvalue weighted by Gasteiger charge is -2.03. The zero-order valence-corrected chi connectivity index (χ0v) is 12.9. The fourth-order valence-electron chi connectivity index (χ4n) is 1.83. The van der Waals surface area contributed by atoms with Crippen LogP contribution >= 0.6 is 22.7 Å². The molecule has 4 nitrogen and oxygen atoms in total. The molecule has 0 aliphatic rings. The van der Waals surface area contributed by atoms with E-state index in [0.29, 0.717) is 5.16 Å². The van der Waals surface area contributed by atoms with E-state index in [-0.39, 0.29) is 12.4 Å². The van der Waals surface area contributed by atoms with Crippen molar-refractivity contribution in [2.24, 2.45) is 0 Å². The van der Waals surface area contributed by atoms with E-state index >= 15 is 0 Å². The number of aliphatic hydroxyl groups is 1. The second-order valence-electron chi connectivity index (χ2n) is 3.99. The van der Waals surface area contributed by atoms with Gasteiger partial charge in [0.1, 0.15) is 11.4 Å². The molecule has 1 unspecified atom stereocenters. The van der Waals surface area contributed by atoms with Crippen molar-refractivity contribution in [2.75, 3.05) is 12.4 Å². The summed E-state index contributed by atoms with van der Waals surface area (Å²) in [5, 5.41) is 13.3. The van der Waals surface area contributed by atoms with E-state index in [1.807, 2.05) is 35.0 Å². The third-order valence-electron chi connectivity index (χ3n) is 2.70. The minimum Gasteiger partial charge on any atom is -0.609 e. The van der Waals surface area contributed by atoms with E-state index < -0.39 is 11.2 Å². The summed E-state index contributed by atoms with van der Waals surface area (Å²) < 4.78 is 12.0. The van der Waals surface area contributed by atoms with Gasteiger partial charge in [-0.2, -0.15) is 4.98 Å². The topological polar surface area (TPSA) is 72.0 Å². The molecule has 1 atom stereocenters. The molecule has 0 aliphatic carbocycles. The summed E-state index contributed by atoms with van der Waals surface area (Å²) in [6.45, 7) is -0.115. The Hall–Kier alpha value is -1.12. The molecule has 0 fully saturated rings. The molecule has 0 spiro atoms. The van der Waals surface area contributed by atoms with Crippen molar-refractivity contribution in [1.29, 1.82) is 0 Å². The normalized spacial score (nSPS) is 12.7. The van der Waals surface area contributed by atoms with Crippen LogP contribution in [0.5, 0.6) is 0 Å². The lowest BCUT2D eigenvalue weighted by Crippen LogP contribution is -2.11. The van der Waals surface area contributed by atoms with E-state index in [2.05, 4.69) is 9.97 Å². The molecule has 3 heterocycles. The van der Waals surface area contributed by atoms with Gasteiger partial charge in [0, 0.05) is 11.2 Å². The van der Waals surface area contributed by atoms with E-state index in [1.165, 1.54) is 0 Å². The first kappa shape index (κ1) is 13.8. The Bertz CT molecular complexity index is 610. The second kappa shape index (κ2) is 6.11. The third kappa shape index (κ3) is 2.68. The van der Waals surface area contributed by atoms with Crippen LogP contribution in [-0.4, -0.2) is 32.0 Å². The first-order valence-corrected chi connectivity index (χ1v) is 9.04. The molecule has 0 bridgehead atoms. The lowest BCUT2D eigenvalue weighted by atomic mass is 10.2. The zero-order valence-electron chi connectivity index (χ0n) is 10.4. The first-order valence-electron chi connectivity index (χ1n) is 5.96. The maximum Gasteiger partial charge on any atom is 0.321 e. The van der Waals surface area contributed by atoms with Gasteiger partial charge < -0.3 is 9.66 Å². The number of hydrogen-bond donors (Lipinski definition) is 2. The summed E-state index contributed by atoms with van der Waals surface area (Å²) in [7, 11) is 0. The van der Waals surface area contributed by atoms with Crippen LogP contribution in [0.4, 0.5) is 0 Å². The number of nitrogens with one attached hydrogen (secondary N) is 1. The monoisotopic (exact) mass is 324 g/mol. The quantitative estimate of drug-likeness (QED) is 0.709. The number of aliphatic hydroxyl groups excluding tert-OH is 1. The van der Waals surface area contributed by atoms with E-state index in [1.54, 1.807) is 22.7 Å². The first-order chi connectivity index (χ1) is 9.79. The summed E-state index contributed by atoms with van der Waals surface area (Å²) in [5.41, 5.74) is 1.72. The highest BCUT2D eigenvalue weighted by Crippen LogP contribution is 2.35. The van der Waals surface area contributed by atoms with E-state index in [4.69, 9.17) is 5.11 Å². The van der Waals surface area contributed by atoms with Crippen LogP contribution in [0.25, 0.3) is 21.1 Å². The fourth-order valence-corrected chi connectivity index (χ4v) is 4.04. The molecule has 20 heavy (non-hydrogen) atoms. The zero-order chi connectivity index (χ0) is 13.9. The van der Waals surface area contributed by atoms with Crippen molar-refractivity contribution in [3.8, 4) is 21.1 Å². The molecule has 0 amide bonds. The number of hydrogen-bond acceptors (Lipinski definition) is 5. The standard InChI is InChI=1S/C13H12N2O2S3/c16-5-8-20(17)13-14-11(9-3-1-6-18-9)12(15-13)10-4-2-7-19-10/h1-4,6-7,16H,5,8H2,(H,14,15). The summed E-state index contributed by atoms with van der Waals surface area (Å²) in [4.78, 5) is 9.73. The number of rotatable bonds is 5. The van der Waals surface area contributed by atoms with Crippen molar-refractivity contribution in [2.45, 2.75) is 5.16 Å². The fraction of sp³-hybridized carbons (Fsp3) is 0.154. The minimum atomic E-state index is -1.30. The number of H-pyrrole nitrogens is 1. The van der Waals surface area contributed by atoms with Gasteiger partial charge in [0.25, 0.3) is 0 Å². The van der Waals surface area contributed by atoms with Gasteiger partial charge in [0.15, 0.2) is 0 Å². The van der Waals surface area contributed by atoms with Crippen LogP contribution in [0.1, 0.15) is 0 Å². The van der Waals surface area contributed by atoms with Crippen LogP contribution in [0.15, 0.2) is 40.2 Å². The minimum absolute atomic E-state index is 0.115. The van der Waals surface area contributed by atoms with Crippen molar-refractivity contribution < 1.29 is 9.66 Å². The predicted molar refractivity (Wildman–Crippen MR) is 83.6 cm³/mol. The molecule has 0 aliphatic heterocycles. The van der Waals surface area contributed by atoms with E-state index in [9.17, 15) is 4.55 Å². The van der Waals surface area contributed by atoms with Crippen molar-refractivity contribution >= 4 is 33.8 Å². The van der Waals surface area contributed by atoms with Gasteiger partial charge in [0.2, 0.25) is 0 Å². The van der Waals surface area contributed by atoms with Crippen molar-refractivity contribution in [3.05, 3.63) is 35.0 Å². The Morgan fingerprint density at radius 3 is 2.50 bits per heavy atom. The molecule has 3 aromatic heterocycles. The Balaban J connectivity index is 2.07. The molecule has 0 saturated carbocycles. The molecule has 3 aromatic rings. The van der Waals surface area contributed by atoms with Gasteiger partial charge in [0.05, 0.1) is 22.1 Å². The largest absolute Gasteiger partial charge is 0.609 e. The predicted octanol–water partition coefficient (Wildman–Crippen LogP) is 2.97. The Morgan fingerprint density at radius 2 is 1.90 bits per heavy atom. The second-order valence-corrected chi connectivity index (χ2v) is 7.37. The molecule has 0 radical (unpaired) electrons. The molecule has 0 saturated heterocycles. The molecule has 2 N–H and O–H groups in total. The van der Waals surface area contributed by atoms with Gasteiger partial charge in [-0.3, -0.25) is 4.98 Å². The highest BCUT2D eigenvalue weighted by Gasteiger charge is 2.22. The number of nitrogens with zero attached hydrogens (tertiary/aromatic N) is 1. The number of aromatic nitrogens is 2. The maximum atomic E-state index is 12.0. The van der Waals surface area contributed by atoms with Crippen molar-refractivity contribution in [3.63, 3.8) is 0 Å². The number of imidazole rings is 1. The molecular weight excluding hydrogens is 312 g/mol. The Morgan fingerprint density at radius 1 is 1.20 bits per heavy atom. The molecule has 0 aromatic carbocycles. The van der Waals surface area contributed by atoms with Crippen LogP contribution < -0.4 is 0 Å². The third-order valence-corrected chi connectivity index (χ3v) is 5.64. The molecule has 7 heteroatoms. The summed E-state index contributed by atoms with van der Waals surface area (Å²) in [5.74, 6) is 0.196. The maximum absolute atomic E-state index is 12.0. The molecule has 104 valence electrons. The van der Waals surface area contributed by atoms with Gasteiger partial charge >= 0.3 is 5.16 Å². The Labute approximate surface area is 127 Å². The van der Waals surface area contributed by atoms with Gasteiger partial charge in [-0.05, 0) is 22.9 Å². The van der Waals surface area contributed by atoms with Gasteiger partial charge in [-0.1, -0.05) is 12.1 Å². The summed E-state index contributed by atoms with van der Waals surface area (Å²) in [6.07, 6.45) is 0. The molecule has 3 rings (SSSR count). The van der Waals surface area contributed by atoms with Crippen LogP contribution in [-0.2, 0) is 11.2 Å². The lowest BCUT2D eigenvalue weighted by molar-refractivity contribution is 0.319. The van der Waals surface area contributed by atoms with Gasteiger partial charge in [-0.15, -0.1) is 22.7 Å². The van der Waals surface area contributed by atoms with Crippen LogP contribution in [0.2, 0.25) is 0 Å². The SMILES string of the molecule is [O-][S+](CCO)c1nc(-c2cccs2)c(-c2cccs2)[nH]1. The average Bonchev–Trinajstić information content (AvgIpc) is 3.19. The van der Waals surface area contributed by atoms with Crippen LogP contribution in [0, 0.1) is 0 Å². The van der Waals surface area contributed by atoms with Gasteiger partial charge in [-0.25, -0.2) is 0 Å². The highest BCUT2D eigenvalue weighted by molar-refractivity contribution is 7.91. The van der Waals surface area contributed by atoms with Crippen LogP contribution in [0.3, 0.4) is 0 Å². The smallest absolute Gasteiger partial charge is 0.321 e. The van der Waals surface area contributed by atoms with Crippen molar-refractivity contribution in [1.82, 2.24) is 9.97 Å². The van der Waals surface area contributed by atoms with E-state index in [0.717, 1.165) is 21.1 Å². The molecular formula is C13H12N2O2S3. The summed E-state index contributed by atoms with van der Waals surface area (Å²) >= 11 is 1.91. The Kier molecular flexibility index (Phi) is 4.23. The summed E-state index contributed by atoms with van der Waals surface area (Å²) in [6, 6.07) is 7.95. The highest BCUT2D eigenvalue weighted by atomic mass is 32.2. The number of aromatic amines is 1.